The van der Waals surface area contributed by atoms with Crippen LogP contribution in [0.2, 0.25) is 0 Å². The van der Waals surface area contributed by atoms with Gasteiger partial charge in [0.1, 0.15) is 5.69 Å². The Labute approximate surface area is 128 Å². The predicted octanol–water partition coefficient (Wildman–Crippen LogP) is 2.21. The van der Waals surface area contributed by atoms with Crippen LogP contribution in [0.15, 0.2) is 11.4 Å². The molecule has 2 heterocycles. The van der Waals surface area contributed by atoms with Crippen LogP contribution in [0.3, 0.4) is 0 Å². The van der Waals surface area contributed by atoms with Crippen molar-refractivity contribution in [1.29, 1.82) is 0 Å². The van der Waals surface area contributed by atoms with Crippen LogP contribution in [-0.2, 0) is 12.8 Å². The van der Waals surface area contributed by atoms with E-state index >= 15 is 0 Å². The fraction of sp³-hybridized carbons (Fsp3) is 0.500. The molecule has 2 rings (SSSR count). The Hall–Kier alpha value is -1.73. The van der Waals surface area contributed by atoms with E-state index in [0.29, 0.717) is 24.5 Å². The molecule has 2 aromatic heterocycles. The monoisotopic (exact) mass is 307 g/mol. The van der Waals surface area contributed by atoms with Crippen LogP contribution in [0.25, 0.3) is 0 Å². The number of aromatic nitrogens is 3. The first kappa shape index (κ1) is 15.7. The van der Waals surface area contributed by atoms with Gasteiger partial charge in [-0.15, -0.1) is 11.3 Å². The zero-order valence-corrected chi connectivity index (χ0v) is 13.4. The van der Waals surface area contributed by atoms with E-state index in [0.717, 1.165) is 17.1 Å². The Morgan fingerprint density at radius 2 is 2.24 bits per heavy atom. The van der Waals surface area contributed by atoms with Crippen molar-refractivity contribution in [3.8, 4) is 0 Å². The molecule has 0 fully saturated rings. The Bertz CT molecular complexity index is 611. The average Bonchev–Trinajstić information content (AvgIpc) is 2.97. The largest absolute Gasteiger partial charge is 0.330 e. The summed E-state index contributed by atoms with van der Waals surface area (Å²) in [5.41, 5.74) is 7.05. The number of H-pyrrole nitrogens is 1. The van der Waals surface area contributed by atoms with Gasteiger partial charge in [-0.2, -0.15) is 5.10 Å². The molecule has 0 saturated heterocycles. The van der Waals surface area contributed by atoms with Crippen molar-refractivity contribution in [1.82, 2.24) is 15.2 Å². The van der Waals surface area contributed by atoms with Crippen LogP contribution in [0.1, 0.15) is 42.0 Å². The van der Waals surface area contributed by atoms with Crippen LogP contribution in [0.4, 0.5) is 5.82 Å². The Kier molecular flexibility index (Phi) is 4.74. The second-order valence-corrected chi connectivity index (χ2v) is 7.08. The van der Waals surface area contributed by atoms with Crippen LogP contribution >= 0.6 is 11.3 Å². The van der Waals surface area contributed by atoms with Crippen molar-refractivity contribution in [3.05, 3.63) is 27.8 Å². The lowest BCUT2D eigenvalue weighted by molar-refractivity contribution is 0.102. The first-order chi connectivity index (χ1) is 9.87. The number of hydrogen-bond donors (Lipinski definition) is 3. The maximum Gasteiger partial charge on any atom is 0.276 e. The number of rotatable bonds is 5. The van der Waals surface area contributed by atoms with Crippen molar-refractivity contribution in [2.45, 2.75) is 33.6 Å². The Balaban J connectivity index is 1.99. The number of amides is 1. The number of nitrogens with two attached hydrogens (primary N) is 1. The molecule has 0 unspecified atom stereocenters. The highest BCUT2D eigenvalue weighted by Gasteiger charge is 2.15. The maximum atomic E-state index is 12.1. The summed E-state index contributed by atoms with van der Waals surface area (Å²) < 4.78 is 0. The van der Waals surface area contributed by atoms with Crippen molar-refractivity contribution in [3.63, 3.8) is 0 Å². The van der Waals surface area contributed by atoms with Crippen molar-refractivity contribution in [2.75, 3.05) is 11.9 Å². The Morgan fingerprint density at radius 1 is 1.48 bits per heavy atom. The summed E-state index contributed by atoms with van der Waals surface area (Å²) >= 11 is 1.45. The molecule has 114 valence electrons. The highest BCUT2D eigenvalue weighted by atomic mass is 32.1. The van der Waals surface area contributed by atoms with Gasteiger partial charge < -0.3 is 11.1 Å². The van der Waals surface area contributed by atoms with Gasteiger partial charge in [-0.1, -0.05) is 20.8 Å². The third kappa shape index (κ3) is 4.64. The standard InChI is InChI=1S/C14H21N5OS/c1-14(2,3)7-9-6-11(19-18-9)17-13(20)10-8-21-12(16-10)4-5-15/h6,8H,4-5,7,15H2,1-3H3,(H2,17,18,19,20). The molecule has 6 nitrogen and oxygen atoms in total. The highest BCUT2D eigenvalue weighted by Crippen LogP contribution is 2.21. The van der Waals surface area contributed by atoms with E-state index in [1.165, 1.54) is 11.3 Å². The zero-order chi connectivity index (χ0) is 15.5. The van der Waals surface area contributed by atoms with E-state index < -0.39 is 0 Å². The summed E-state index contributed by atoms with van der Waals surface area (Å²) in [7, 11) is 0. The molecule has 0 aliphatic rings. The molecule has 0 spiro atoms. The fourth-order valence-electron chi connectivity index (χ4n) is 1.92. The Morgan fingerprint density at radius 3 is 2.90 bits per heavy atom. The molecule has 0 aromatic carbocycles. The van der Waals surface area contributed by atoms with Crippen LogP contribution in [-0.4, -0.2) is 27.6 Å². The van der Waals surface area contributed by atoms with Gasteiger partial charge in [-0.25, -0.2) is 4.98 Å². The summed E-state index contributed by atoms with van der Waals surface area (Å²) in [6.45, 7) is 6.99. The van der Waals surface area contributed by atoms with Crippen molar-refractivity contribution >= 4 is 23.1 Å². The zero-order valence-electron chi connectivity index (χ0n) is 12.6. The van der Waals surface area contributed by atoms with Crippen LogP contribution < -0.4 is 11.1 Å². The fourth-order valence-corrected chi connectivity index (χ4v) is 2.72. The minimum Gasteiger partial charge on any atom is -0.330 e. The summed E-state index contributed by atoms with van der Waals surface area (Å²) in [5.74, 6) is 0.274. The second-order valence-electron chi connectivity index (χ2n) is 6.14. The first-order valence-corrected chi connectivity index (χ1v) is 7.75. The average molecular weight is 307 g/mol. The topological polar surface area (TPSA) is 96.7 Å². The SMILES string of the molecule is CC(C)(C)Cc1cc(NC(=O)c2csc(CCN)n2)n[nH]1. The van der Waals surface area contributed by atoms with E-state index in [-0.39, 0.29) is 11.3 Å². The molecule has 7 heteroatoms. The number of hydrogen-bond acceptors (Lipinski definition) is 5. The van der Waals surface area contributed by atoms with Crippen molar-refractivity contribution in [2.24, 2.45) is 11.1 Å². The molecular weight excluding hydrogens is 286 g/mol. The van der Waals surface area contributed by atoms with Crippen LogP contribution in [0.5, 0.6) is 0 Å². The van der Waals surface area contributed by atoms with E-state index in [9.17, 15) is 4.79 Å². The molecular formula is C14H21N5OS. The van der Waals surface area contributed by atoms with Gasteiger partial charge >= 0.3 is 0 Å². The van der Waals surface area contributed by atoms with Gasteiger partial charge in [0.05, 0.1) is 5.01 Å². The van der Waals surface area contributed by atoms with Gasteiger partial charge in [-0.05, 0) is 18.4 Å². The number of anilines is 1. The quantitative estimate of drug-likeness (QED) is 0.789. The normalized spacial score (nSPS) is 11.6. The van der Waals surface area contributed by atoms with Gasteiger partial charge in [0.2, 0.25) is 0 Å². The smallest absolute Gasteiger partial charge is 0.276 e. The van der Waals surface area contributed by atoms with E-state index in [1.54, 1.807) is 5.38 Å². The number of nitrogens with zero attached hydrogens (tertiary/aromatic N) is 2. The number of thiazole rings is 1. The molecule has 0 aliphatic carbocycles. The summed E-state index contributed by atoms with van der Waals surface area (Å²) in [4.78, 5) is 16.3. The van der Waals surface area contributed by atoms with Gasteiger partial charge in [0, 0.05) is 23.6 Å². The minimum atomic E-state index is -0.247. The number of carbonyl (C=O) groups excluding carboxylic acids is 1. The maximum absolute atomic E-state index is 12.1. The molecule has 21 heavy (non-hydrogen) atoms. The first-order valence-electron chi connectivity index (χ1n) is 6.87. The number of aromatic amines is 1. The summed E-state index contributed by atoms with van der Waals surface area (Å²) in [5, 5.41) is 12.4. The lowest BCUT2D eigenvalue weighted by Crippen LogP contribution is -2.13. The predicted molar refractivity (Wildman–Crippen MR) is 84.6 cm³/mol. The molecule has 0 atom stereocenters. The lowest BCUT2D eigenvalue weighted by Gasteiger charge is -2.15. The van der Waals surface area contributed by atoms with E-state index in [4.69, 9.17) is 5.73 Å². The number of nitrogens with one attached hydrogen (secondary N) is 2. The third-order valence-electron chi connectivity index (χ3n) is 2.74. The lowest BCUT2D eigenvalue weighted by atomic mass is 9.91. The van der Waals surface area contributed by atoms with Crippen molar-refractivity contribution < 1.29 is 4.79 Å². The molecule has 0 bridgehead atoms. The summed E-state index contributed by atoms with van der Waals surface area (Å²) in [6.07, 6.45) is 1.56. The van der Waals surface area contributed by atoms with Gasteiger partial charge in [0.25, 0.3) is 5.91 Å². The third-order valence-corrected chi connectivity index (χ3v) is 3.64. The molecule has 1 amide bonds. The molecule has 0 saturated carbocycles. The molecule has 4 N–H and O–H groups in total. The van der Waals surface area contributed by atoms with E-state index in [2.05, 4.69) is 41.3 Å². The van der Waals surface area contributed by atoms with Gasteiger partial charge in [-0.3, -0.25) is 9.89 Å². The van der Waals surface area contributed by atoms with Gasteiger partial charge in [0.15, 0.2) is 5.82 Å². The molecule has 0 aliphatic heterocycles. The van der Waals surface area contributed by atoms with E-state index in [1.807, 2.05) is 6.07 Å². The summed E-state index contributed by atoms with van der Waals surface area (Å²) in [6, 6.07) is 1.86. The second kappa shape index (κ2) is 6.36. The highest BCUT2D eigenvalue weighted by molar-refractivity contribution is 7.09. The molecule has 2 aromatic rings. The number of carbonyl (C=O) groups is 1. The van der Waals surface area contributed by atoms with Crippen LogP contribution in [0, 0.1) is 5.41 Å². The minimum absolute atomic E-state index is 0.167. The molecule has 0 radical (unpaired) electrons.